The first-order valence-corrected chi connectivity index (χ1v) is 10.8. The highest BCUT2D eigenvalue weighted by Gasteiger charge is 2.24. The summed E-state index contributed by atoms with van der Waals surface area (Å²) in [5.41, 5.74) is 1.30. The summed E-state index contributed by atoms with van der Waals surface area (Å²) in [6.07, 6.45) is 0.281. The molecule has 6 nitrogen and oxygen atoms in total. The number of hydrogen-bond acceptors (Lipinski definition) is 5. The van der Waals surface area contributed by atoms with Crippen molar-refractivity contribution >= 4 is 23.3 Å². The van der Waals surface area contributed by atoms with Gasteiger partial charge in [-0.2, -0.15) is 0 Å². The summed E-state index contributed by atoms with van der Waals surface area (Å²) in [6, 6.07) is 15.3. The van der Waals surface area contributed by atoms with Crippen LogP contribution in [0.25, 0.3) is 11.1 Å². The van der Waals surface area contributed by atoms with Gasteiger partial charge in [0.05, 0.1) is 16.3 Å². The number of hydrogen-bond donors (Lipinski definition) is 3. The summed E-state index contributed by atoms with van der Waals surface area (Å²) in [6.45, 7) is 5.33. The second kappa shape index (κ2) is 10.3. The number of aliphatic hydroxyl groups excluding tert-OH is 1. The molecule has 0 fully saturated rings. The van der Waals surface area contributed by atoms with Crippen molar-refractivity contribution in [2.75, 3.05) is 5.32 Å². The fraction of sp³-hybridized carbons (Fsp3) is 0.280. The van der Waals surface area contributed by atoms with Crippen LogP contribution in [-0.2, 0) is 16.0 Å². The molecule has 0 aliphatic rings. The Kier molecular flexibility index (Phi) is 7.68. The fourth-order valence-electron chi connectivity index (χ4n) is 3.38. The van der Waals surface area contributed by atoms with Crippen LogP contribution >= 0.6 is 11.6 Å². The minimum absolute atomic E-state index is 0.0908. The van der Waals surface area contributed by atoms with Crippen molar-refractivity contribution in [1.82, 2.24) is 4.98 Å². The van der Waals surface area contributed by atoms with Gasteiger partial charge < -0.3 is 20.3 Å². The van der Waals surface area contributed by atoms with Crippen LogP contribution in [0.1, 0.15) is 37.9 Å². The van der Waals surface area contributed by atoms with Gasteiger partial charge in [0.1, 0.15) is 5.92 Å². The van der Waals surface area contributed by atoms with E-state index in [-0.39, 0.29) is 22.7 Å². The van der Waals surface area contributed by atoms with Crippen LogP contribution in [0.15, 0.2) is 60.8 Å². The Morgan fingerprint density at radius 1 is 1.15 bits per heavy atom. The zero-order valence-corrected chi connectivity index (χ0v) is 19.3. The first-order chi connectivity index (χ1) is 15.5. The highest BCUT2D eigenvalue weighted by Crippen LogP contribution is 2.35. The number of carboxylic acid groups (broad SMARTS) is 1. The van der Waals surface area contributed by atoms with Gasteiger partial charge in [-0.1, -0.05) is 48.0 Å². The SMILES string of the molecule is CC(C)(C)OC(O)Nc1ccc(Cl)c(F)c1-c1ccc(C(Cc2ccccc2)C(=O)O)nc1. The third-order valence-corrected chi connectivity index (χ3v) is 5.14. The molecule has 0 aliphatic carbocycles. The molecule has 0 bridgehead atoms. The zero-order valence-electron chi connectivity index (χ0n) is 18.5. The van der Waals surface area contributed by atoms with Crippen molar-refractivity contribution in [3.05, 3.63) is 82.9 Å². The van der Waals surface area contributed by atoms with Gasteiger partial charge in [0.25, 0.3) is 0 Å². The van der Waals surface area contributed by atoms with Crippen LogP contribution in [0.4, 0.5) is 10.1 Å². The third-order valence-electron chi connectivity index (χ3n) is 4.85. The Morgan fingerprint density at radius 3 is 2.42 bits per heavy atom. The maximum absolute atomic E-state index is 15.0. The lowest BCUT2D eigenvalue weighted by molar-refractivity contribution is -0.148. The summed E-state index contributed by atoms with van der Waals surface area (Å²) in [5.74, 6) is -2.55. The average molecular weight is 473 g/mol. The van der Waals surface area contributed by atoms with Crippen molar-refractivity contribution in [2.45, 2.75) is 45.1 Å². The van der Waals surface area contributed by atoms with Gasteiger partial charge in [-0.25, -0.2) is 4.39 Å². The molecule has 3 N–H and O–H groups in total. The number of ether oxygens (including phenoxy) is 1. The predicted molar refractivity (Wildman–Crippen MR) is 126 cm³/mol. The van der Waals surface area contributed by atoms with E-state index in [1.807, 2.05) is 30.3 Å². The van der Waals surface area contributed by atoms with E-state index in [1.165, 1.54) is 18.3 Å². The monoisotopic (exact) mass is 472 g/mol. The van der Waals surface area contributed by atoms with Crippen LogP contribution in [0, 0.1) is 5.82 Å². The lowest BCUT2D eigenvalue weighted by atomic mass is 9.95. The molecule has 8 heteroatoms. The Labute approximate surface area is 197 Å². The molecule has 0 amide bonds. The topological polar surface area (TPSA) is 91.7 Å². The number of carboxylic acids is 1. The van der Waals surface area contributed by atoms with Gasteiger partial charge in [0.2, 0.25) is 6.41 Å². The van der Waals surface area contributed by atoms with Crippen molar-refractivity contribution in [3.63, 3.8) is 0 Å². The highest BCUT2D eigenvalue weighted by atomic mass is 35.5. The maximum atomic E-state index is 15.0. The first-order valence-electron chi connectivity index (χ1n) is 10.4. The number of halogens is 2. The number of anilines is 1. The fourth-order valence-corrected chi connectivity index (χ4v) is 3.54. The lowest BCUT2D eigenvalue weighted by Crippen LogP contribution is -2.32. The number of aliphatic carboxylic acids is 1. The molecular weight excluding hydrogens is 447 g/mol. The standard InChI is InChI=1S/C25H26ClFN2O4/c1-25(2,3)33-24(32)29-20-12-10-18(26)22(27)21(20)16-9-11-19(28-14-16)17(23(30)31)13-15-7-5-4-6-8-15/h4-12,14,17,24,29,32H,13H2,1-3H3,(H,30,31). The normalized spacial score (nSPS) is 13.4. The van der Waals surface area contributed by atoms with Gasteiger partial charge in [0.15, 0.2) is 5.82 Å². The van der Waals surface area contributed by atoms with Crippen LogP contribution in [0.2, 0.25) is 5.02 Å². The molecule has 2 unspecified atom stereocenters. The second-order valence-corrected chi connectivity index (χ2v) is 8.97. The minimum atomic E-state index is -1.39. The molecule has 174 valence electrons. The molecule has 2 atom stereocenters. The van der Waals surface area contributed by atoms with Gasteiger partial charge >= 0.3 is 5.97 Å². The third kappa shape index (κ3) is 6.51. The predicted octanol–water partition coefficient (Wildman–Crippen LogP) is 5.45. The summed E-state index contributed by atoms with van der Waals surface area (Å²) in [7, 11) is 0. The van der Waals surface area contributed by atoms with Crippen molar-refractivity contribution in [3.8, 4) is 11.1 Å². The van der Waals surface area contributed by atoms with Gasteiger partial charge in [0, 0.05) is 23.0 Å². The van der Waals surface area contributed by atoms with Crippen LogP contribution in [0.3, 0.4) is 0 Å². The van der Waals surface area contributed by atoms with E-state index >= 15 is 0 Å². The minimum Gasteiger partial charge on any atom is -0.481 e. The molecule has 33 heavy (non-hydrogen) atoms. The highest BCUT2D eigenvalue weighted by molar-refractivity contribution is 6.31. The van der Waals surface area contributed by atoms with Gasteiger partial charge in [-0.3, -0.25) is 9.78 Å². The molecule has 1 aromatic heterocycles. The number of carbonyl (C=O) groups is 1. The Hall–Kier alpha value is -3.00. The van der Waals surface area contributed by atoms with E-state index in [1.54, 1.807) is 32.9 Å². The van der Waals surface area contributed by atoms with Crippen molar-refractivity contribution < 1.29 is 24.1 Å². The number of pyridine rings is 1. The summed E-state index contributed by atoms with van der Waals surface area (Å²) >= 11 is 6.00. The molecule has 0 saturated carbocycles. The van der Waals surface area contributed by atoms with Gasteiger partial charge in [-0.05, 0) is 51.0 Å². The number of nitrogens with one attached hydrogen (secondary N) is 1. The van der Waals surface area contributed by atoms with E-state index in [2.05, 4.69) is 10.3 Å². The largest absolute Gasteiger partial charge is 0.481 e. The van der Waals surface area contributed by atoms with Crippen molar-refractivity contribution in [2.24, 2.45) is 0 Å². The molecule has 0 radical (unpaired) electrons. The molecule has 3 rings (SSSR count). The Balaban J connectivity index is 1.92. The molecule has 2 aromatic carbocycles. The molecule has 0 aliphatic heterocycles. The number of nitrogens with zero attached hydrogens (tertiary/aromatic N) is 1. The molecule has 0 spiro atoms. The van der Waals surface area contributed by atoms with E-state index in [9.17, 15) is 19.4 Å². The quantitative estimate of drug-likeness (QED) is 0.377. The average Bonchev–Trinajstić information content (AvgIpc) is 2.74. The van der Waals surface area contributed by atoms with E-state index in [4.69, 9.17) is 16.3 Å². The molecule has 0 saturated heterocycles. The maximum Gasteiger partial charge on any atom is 0.312 e. The smallest absolute Gasteiger partial charge is 0.312 e. The molecular formula is C25H26ClFN2O4. The summed E-state index contributed by atoms with van der Waals surface area (Å²) in [4.78, 5) is 16.2. The summed E-state index contributed by atoms with van der Waals surface area (Å²) < 4.78 is 20.4. The van der Waals surface area contributed by atoms with Crippen molar-refractivity contribution in [1.29, 1.82) is 0 Å². The van der Waals surface area contributed by atoms with Crippen LogP contribution in [0.5, 0.6) is 0 Å². The van der Waals surface area contributed by atoms with E-state index in [0.29, 0.717) is 11.3 Å². The Morgan fingerprint density at radius 2 is 1.85 bits per heavy atom. The van der Waals surface area contributed by atoms with Crippen LogP contribution < -0.4 is 5.32 Å². The number of rotatable bonds is 8. The second-order valence-electron chi connectivity index (χ2n) is 8.56. The Bertz CT molecular complexity index is 1100. The van der Waals surface area contributed by atoms with Gasteiger partial charge in [-0.15, -0.1) is 0 Å². The van der Waals surface area contributed by atoms with Crippen LogP contribution in [-0.4, -0.2) is 33.2 Å². The molecule has 1 heterocycles. The lowest BCUT2D eigenvalue weighted by Gasteiger charge is -2.26. The number of aliphatic hydroxyl groups is 1. The first kappa shape index (κ1) is 24.6. The van der Waals surface area contributed by atoms with E-state index < -0.39 is 29.7 Å². The molecule has 3 aromatic rings. The zero-order chi connectivity index (χ0) is 24.2. The van der Waals surface area contributed by atoms with E-state index in [0.717, 1.165) is 5.56 Å². The number of aromatic nitrogens is 1. The summed E-state index contributed by atoms with van der Waals surface area (Å²) in [5, 5.41) is 22.6. The number of benzene rings is 2.